The minimum absolute atomic E-state index is 0.0196. The fourth-order valence-corrected chi connectivity index (χ4v) is 2.68. The maximum absolute atomic E-state index is 12.0. The molecule has 0 saturated carbocycles. The average Bonchev–Trinajstić information content (AvgIpc) is 2.84. The van der Waals surface area contributed by atoms with E-state index < -0.39 is 6.09 Å². The van der Waals surface area contributed by atoms with Gasteiger partial charge in [-0.05, 0) is 30.7 Å². The molecule has 1 heterocycles. The van der Waals surface area contributed by atoms with Crippen molar-refractivity contribution in [1.29, 1.82) is 0 Å². The topological polar surface area (TPSA) is 67.9 Å². The normalized spacial score (nSPS) is 17.7. The summed E-state index contributed by atoms with van der Waals surface area (Å²) in [5, 5.41) is 2.90. The molecule has 6 heteroatoms. The summed E-state index contributed by atoms with van der Waals surface area (Å²) in [7, 11) is 0. The number of nitrogens with one attached hydrogen (secondary N) is 1. The number of rotatable bonds is 5. The molecule has 0 spiro atoms. The smallest absolute Gasteiger partial charge is 0.409 e. The summed E-state index contributed by atoms with van der Waals surface area (Å²) in [4.78, 5) is 25.7. The lowest BCUT2D eigenvalue weighted by Gasteiger charge is -2.21. The number of alkyl carbamates (subject to hydrolysis) is 1. The molecule has 1 unspecified atom stereocenters. The Kier molecular flexibility index (Phi) is 7.57. The first kappa shape index (κ1) is 19.1. The van der Waals surface area contributed by atoms with Gasteiger partial charge in [0.05, 0.1) is 6.61 Å². The summed E-state index contributed by atoms with van der Waals surface area (Å²) >= 11 is 0. The molecule has 0 radical (unpaired) electrons. The summed E-state index contributed by atoms with van der Waals surface area (Å²) in [6.45, 7) is 5.96. The molecule has 1 N–H and O–H groups in total. The van der Waals surface area contributed by atoms with Crippen LogP contribution >= 0.6 is 0 Å². The van der Waals surface area contributed by atoms with Crippen LogP contribution in [0.4, 0.5) is 9.59 Å². The van der Waals surface area contributed by atoms with Gasteiger partial charge in [0.25, 0.3) is 0 Å². The number of likely N-dealkylation sites (tertiary alicyclic amines) is 1. The van der Waals surface area contributed by atoms with Gasteiger partial charge in [-0.25, -0.2) is 9.59 Å². The molecule has 1 aromatic carbocycles. The molecule has 1 atom stereocenters. The predicted octanol–water partition coefficient (Wildman–Crippen LogP) is 3.56. The molecule has 6 nitrogen and oxygen atoms in total. The van der Waals surface area contributed by atoms with Crippen LogP contribution in [0.2, 0.25) is 0 Å². The van der Waals surface area contributed by atoms with Gasteiger partial charge >= 0.3 is 12.2 Å². The van der Waals surface area contributed by atoms with Crippen LogP contribution < -0.4 is 5.32 Å². The maximum atomic E-state index is 12.0. The zero-order valence-corrected chi connectivity index (χ0v) is 15.1. The number of hydrogen-bond donors (Lipinski definition) is 1. The van der Waals surface area contributed by atoms with Gasteiger partial charge < -0.3 is 19.7 Å². The number of ether oxygens (including phenoxy) is 2. The Labute approximate surface area is 149 Å². The van der Waals surface area contributed by atoms with E-state index in [-0.39, 0.29) is 18.7 Å². The Bertz CT molecular complexity index is 548. The van der Waals surface area contributed by atoms with Crippen molar-refractivity contribution >= 4 is 12.2 Å². The van der Waals surface area contributed by atoms with E-state index in [4.69, 9.17) is 9.47 Å². The fourth-order valence-electron chi connectivity index (χ4n) is 2.68. The highest BCUT2D eigenvalue weighted by Crippen LogP contribution is 2.13. The van der Waals surface area contributed by atoms with Crippen molar-refractivity contribution in [3.05, 3.63) is 35.9 Å². The molecule has 2 amide bonds. The highest BCUT2D eigenvalue weighted by Gasteiger charge is 2.23. The van der Waals surface area contributed by atoms with Gasteiger partial charge in [-0.1, -0.05) is 44.2 Å². The molecular formula is C19H28N2O4. The predicted molar refractivity (Wildman–Crippen MR) is 95.2 cm³/mol. The van der Waals surface area contributed by atoms with Crippen molar-refractivity contribution in [3.8, 4) is 0 Å². The highest BCUT2D eigenvalue weighted by atomic mass is 16.6. The Morgan fingerprint density at radius 2 is 1.92 bits per heavy atom. The lowest BCUT2D eigenvalue weighted by Crippen LogP contribution is -2.37. The summed E-state index contributed by atoms with van der Waals surface area (Å²) in [5.74, 6) is 0.324. The number of carbonyl (C=O) groups excluding carboxylic acids is 2. The average molecular weight is 348 g/mol. The molecule has 1 saturated heterocycles. The number of hydrogen-bond acceptors (Lipinski definition) is 4. The van der Waals surface area contributed by atoms with E-state index in [2.05, 4.69) is 5.32 Å². The van der Waals surface area contributed by atoms with Crippen LogP contribution in [0.1, 0.15) is 38.7 Å². The summed E-state index contributed by atoms with van der Waals surface area (Å²) < 4.78 is 10.5. The third kappa shape index (κ3) is 7.03. The van der Waals surface area contributed by atoms with Crippen molar-refractivity contribution in [2.24, 2.45) is 5.92 Å². The van der Waals surface area contributed by atoms with Gasteiger partial charge in [0.2, 0.25) is 0 Å². The Morgan fingerprint density at radius 3 is 2.64 bits per heavy atom. The highest BCUT2D eigenvalue weighted by molar-refractivity contribution is 5.68. The number of nitrogens with zero attached hydrogens (tertiary/aromatic N) is 1. The zero-order chi connectivity index (χ0) is 18.1. The molecule has 1 fully saturated rings. The van der Waals surface area contributed by atoms with Gasteiger partial charge in [0.1, 0.15) is 6.61 Å². The second kappa shape index (κ2) is 9.91. The molecule has 138 valence electrons. The maximum Gasteiger partial charge on any atom is 0.409 e. The minimum Gasteiger partial charge on any atom is -0.449 e. The van der Waals surface area contributed by atoms with Crippen molar-refractivity contribution in [2.75, 3.05) is 19.7 Å². The lowest BCUT2D eigenvalue weighted by molar-refractivity contribution is 0.0929. The fraction of sp³-hybridized carbons (Fsp3) is 0.579. The molecule has 1 aromatic rings. The zero-order valence-electron chi connectivity index (χ0n) is 15.1. The summed E-state index contributed by atoms with van der Waals surface area (Å²) in [6, 6.07) is 9.60. The van der Waals surface area contributed by atoms with E-state index in [1.807, 2.05) is 44.2 Å². The van der Waals surface area contributed by atoms with Crippen LogP contribution in [0.3, 0.4) is 0 Å². The van der Waals surface area contributed by atoms with Crippen LogP contribution in [-0.4, -0.2) is 42.8 Å². The first-order valence-electron chi connectivity index (χ1n) is 8.93. The third-order valence-electron chi connectivity index (χ3n) is 4.06. The van der Waals surface area contributed by atoms with Gasteiger partial charge in [-0.2, -0.15) is 0 Å². The van der Waals surface area contributed by atoms with Crippen molar-refractivity contribution < 1.29 is 19.1 Å². The van der Waals surface area contributed by atoms with Gasteiger partial charge in [-0.3, -0.25) is 0 Å². The van der Waals surface area contributed by atoms with Gasteiger partial charge in [0, 0.05) is 19.1 Å². The Hall–Kier alpha value is -2.24. The summed E-state index contributed by atoms with van der Waals surface area (Å²) in [6.07, 6.45) is 1.69. The molecular weight excluding hydrogens is 320 g/mol. The quantitative estimate of drug-likeness (QED) is 0.883. The van der Waals surface area contributed by atoms with Gasteiger partial charge in [0.15, 0.2) is 0 Å². The molecule has 1 aliphatic heterocycles. The van der Waals surface area contributed by atoms with Crippen LogP contribution in [0, 0.1) is 5.92 Å². The first-order valence-corrected chi connectivity index (χ1v) is 8.93. The van der Waals surface area contributed by atoms with E-state index in [1.54, 1.807) is 4.90 Å². The van der Waals surface area contributed by atoms with Crippen molar-refractivity contribution in [2.45, 2.75) is 45.8 Å². The second-order valence-electron chi connectivity index (χ2n) is 6.79. The van der Waals surface area contributed by atoms with E-state index >= 15 is 0 Å². The van der Waals surface area contributed by atoms with Crippen LogP contribution in [-0.2, 0) is 16.1 Å². The lowest BCUT2D eigenvalue weighted by atomic mass is 10.1. The Balaban J connectivity index is 1.71. The molecule has 1 aliphatic rings. The van der Waals surface area contributed by atoms with E-state index in [0.717, 1.165) is 18.4 Å². The van der Waals surface area contributed by atoms with Crippen LogP contribution in [0.5, 0.6) is 0 Å². The third-order valence-corrected chi connectivity index (χ3v) is 4.06. The van der Waals surface area contributed by atoms with Crippen molar-refractivity contribution in [3.63, 3.8) is 0 Å². The number of carbonyl (C=O) groups is 2. The monoisotopic (exact) mass is 348 g/mol. The number of benzene rings is 1. The SMILES string of the molecule is CC(C)COC(=O)N1CCCC(NC(=O)OCc2ccccc2)CC1. The van der Waals surface area contributed by atoms with Crippen LogP contribution in [0.25, 0.3) is 0 Å². The standard InChI is InChI=1S/C19H28N2O4/c1-15(2)13-25-19(23)21-11-6-9-17(10-12-21)20-18(22)24-14-16-7-4-3-5-8-16/h3-5,7-8,15,17H,6,9-14H2,1-2H3,(H,20,22). The molecule has 0 aromatic heterocycles. The number of amides is 2. The Morgan fingerprint density at radius 1 is 1.16 bits per heavy atom. The van der Waals surface area contributed by atoms with E-state index in [0.29, 0.717) is 32.0 Å². The summed E-state index contributed by atoms with van der Waals surface area (Å²) in [5.41, 5.74) is 0.956. The minimum atomic E-state index is -0.412. The van der Waals surface area contributed by atoms with Crippen LogP contribution in [0.15, 0.2) is 30.3 Å². The molecule has 0 aliphatic carbocycles. The molecule has 2 rings (SSSR count). The molecule has 0 bridgehead atoms. The van der Waals surface area contributed by atoms with E-state index in [1.165, 1.54) is 0 Å². The first-order chi connectivity index (χ1) is 12.0. The van der Waals surface area contributed by atoms with E-state index in [9.17, 15) is 9.59 Å². The van der Waals surface area contributed by atoms with Gasteiger partial charge in [-0.15, -0.1) is 0 Å². The largest absolute Gasteiger partial charge is 0.449 e. The van der Waals surface area contributed by atoms with Crippen molar-refractivity contribution in [1.82, 2.24) is 10.2 Å². The molecule has 25 heavy (non-hydrogen) atoms. The second-order valence-corrected chi connectivity index (χ2v) is 6.79.